The zero-order valence-corrected chi connectivity index (χ0v) is 12.8. The highest BCUT2D eigenvalue weighted by Crippen LogP contribution is 2.24. The van der Waals surface area contributed by atoms with Crippen molar-refractivity contribution in [3.8, 4) is 0 Å². The van der Waals surface area contributed by atoms with E-state index in [0.717, 1.165) is 13.0 Å². The summed E-state index contributed by atoms with van der Waals surface area (Å²) in [7, 11) is 0. The molecule has 1 rings (SSSR count). The third kappa shape index (κ3) is 4.90. The van der Waals surface area contributed by atoms with Crippen molar-refractivity contribution in [1.29, 1.82) is 0 Å². The normalized spacial score (nSPS) is 10.3. The predicted molar refractivity (Wildman–Crippen MR) is 81.8 cm³/mol. The topological polar surface area (TPSA) is 49.3 Å². The molecular formula is C13H18BrNO2S. The molecule has 0 heterocycles. The molecule has 0 radical (unpaired) electrons. The minimum Gasteiger partial charge on any atom is -0.478 e. The molecule has 0 aliphatic heterocycles. The van der Waals surface area contributed by atoms with Crippen molar-refractivity contribution in [3.63, 3.8) is 0 Å². The molecule has 3 nitrogen and oxygen atoms in total. The first-order valence-electron chi connectivity index (χ1n) is 5.91. The Labute approximate surface area is 120 Å². The number of hydrogen-bond donors (Lipinski definition) is 2. The maximum Gasteiger partial charge on any atom is 0.338 e. The lowest BCUT2D eigenvalue weighted by atomic mass is 10.1. The second kappa shape index (κ2) is 8.43. The van der Waals surface area contributed by atoms with Crippen molar-refractivity contribution < 1.29 is 9.90 Å². The van der Waals surface area contributed by atoms with Crippen molar-refractivity contribution in [3.05, 3.63) is 28.2 Å². The van der Waals surface area contributed by atoms with Crippen molar-refractivity contribution in [2.75, 3.05) is 23.9 Å². The van der Waals surface area contributed by atoms with Crippen LogP contribution in [0.5, 0.6) is 0 Å². The fraction of sp³-hybridized carbons (Fsp3) is 0.462. The van der Waals surface area contributed by atoms with Crippen LogP contribution in [0.3, 0.4) is 0 Å². The van der Waals surface area contributed by atoms with E-state index in [0.29, 0.717) is 15.7 Å². The summed E-state index contributed by atoms with van der Waals surface area (Å²) in [4.78, 5) is 11.1. The summed E-state index contributed by atoms with van der Waals surface area (Å²) in [5.74, 6) is 0.282. The summed E-state index contributed by atoms with van der Waals surface area (Å²) in [5, 5.41) is 12.3. The Kier molecular flexibility index (Phi) is 7.20. The summed E-state index contributed by atoms with van der Waals surface area (Å²) < 4.78 is 0.613. The van der Waals surface area contributed by atoms with Gasteiger partial charge >= 0.3 is 5.97 Å². The fourth-order valence-electron chi connectivity index (χ4n) is 1.66. The Hall–Kier alpha value is -0.680. The van der Waals surface area contributed by atoms with Gasteiger partial charge in [-0.2, -0.15) is 11.8 Å². The number of benzene rings is 1. The number of hydrogen-bond acceptors (Lipinski definition) is 3. The number of aromatic carboxylic acids is 1. The minimum absolute atomic E-state index is 0.307. The molecule has 1 aromatic rings. The molecule has 0 aliphatic carbocycles. The smallest absolute Gasteiger partial charge is 0.338 e. The molecule has 0 unspecified atom stereocenters. The van der Waals surface area contributed by atoms with Gasteiger partial charge in [0.1, 0.15) is 0 Å². The minimum atomic E-state index is -0.910. The van der Waals surface area contributed by atoms with Crippen molar-refractivity contribution in [2.24, 2.45) is 0 Å². The number of nitrogens with one attached hydrogen (secondary N) is 1. The molecule has 0 aromatic heterocycles. The average Bonchev–Trinajstić information content (AvgIpc) is 2.33. The van der Waals surface area contributed by atoms with Crippen LogP contribution in [0.1, 0.15) is 29.6 Å². The molecule has 0 fully saturated rings. The molecule has 2 N–H and O–H groups in total. The zero-order chi connectivity index (χ0) is 13.4. The van der Waals surface area contributed by atoms with Gasteiger partial charge in [-0.1, -0.05) is 12.5 Å². The van der Waals surface area contributed by atoms with Gasteiger partial charge in [0, 0.05) is 16.7 Å². The second-order valence-corrected chi connectivity index (χ2v) is 5.79. The second-order valence-electron chi connectivity index (χ2n) is 3.95. The molecule has 18 heavy (non-hydrogen) atoms. The van der Waals surface area contributed by atoms with E-state index in [1.807, 2.05) is 17.8 Å². The summed E-state index contributed by atoms with van der Waals surface area (Å²) in [6.45, 7) is 0.811. The van der Waals surface area contributed by atoms with E-state index in [9.17, 15) is 4.79 Å². The maximum atomic E-state index is 11.1. The molecule has 100 valence electrons. The number of rotatable bonds is 8. The van der Waals surface area contributed by atoms with E-state index >= 15 is 0 Å². The highest BCUT2D eigenvalue weighted by molar-refractivity contribution is 9.10. The Morgan fingerprint density at radius 2 is 2.17 bits per heavy atom. The number of unbranched alkanes of at least 4 members (excludes halogenated alkanes) is 2. The van der Waals surface area contributed by atoms with Crippen molar-refractivity contribution >= 4 is 39.3 Å². The summed E-state index contributed by atoms with van der Waals surface area (Å²) in [5.41, 5.74) is 0.989. The Balaban J connectivity index is 2.47. The van der Waals surface area contributed by atoms with Crippen LogP contribution < -0.4 is 5.32 Å². The quantitative estimate of drug-likeness (QED) is 0.704. The lowest BCUT2D eigenvalue weighted by Gasteiger charge is -2.10. The lowest BCUT2D eigenvalue weighted by Crippen LogP contribution is -2.08. The van der Waals surface area contributed by atoms with Crippen LogP contribution in [-0.2, 0) is 0 Å². The molecule has 5 heteroatoms. The van der Waals surface area contributed by atoms with Gasteiger partial charge in [-0.25, -0.2) is 4.79 Å². The number of thioether (sulfide) groups is 1. The molecule has 0 spiro atoms. The maximum absolute atomic E-state index is 11.1. The molecule has 0 atom stereocenters. The first-order chi connectivity index (χ1) is 8.66. The molecule has 0 amide bonds. The van der Waals surface area contributed by atoms with Crippen LogP contribution in [0.4, 0.5) is 5.69 Å². The number of halogens is 1. The lowest BCUT2D eigenvalue weighted by molar-refractivity contribution is 0.0697. The van der Waals surface area contributed by atoms with E-state index in [1.165, 1.54) is 18.6 Å². The summed E-state index contributed by atoms with van der Waals surface area (Å²) >= 11 is 5.13. The average molecular weight is 332 g/mol. The van der Waals surface area contributed by atoms with Gasteiger partial charge in [0.2, 0.25) is 0 Å². The first-order valence-corrected chi connectivity index (χ1v) is 8.10. The molecule has 1 aromatic carbocycles. The highest BCUT2D eigenvalue weighted by atomic mass is 79.9. The fourth-order valence-corrected chi connectivity index (χ4v) is 2.69. The number of carboxylic acids is 1. The molecule has 0 bridgehead atoms. The number of anilines is 1. The third-order valence-electron chi connectivity index (χ3n) is 2.57. The van der Waals surface area contributed by atoms with Crippen LogP contribution in [0.25, 0.3) is 0 Å². The van der Waals surface area contributed by atoms with E-state index in [2.05, 4.69) is 27.5 Å². The summed E-state index contributed by atoms with van der Waals surface area (Å²) in [6.07, 6.45) is 5.56. The third-order valence-corrected chi connectivity index (χ3v) is 3.93. The van der Waals surface area contributed by atoms with E-state index < -0.39 is 5.97 Å². The van der Waals surface area contributed by atoms with Gasteiger partial charge in [-0.15, -0.1) is 0 Å². The number of carboxylic acid groups (broad SMARTS) is 1. The van der Waals surface area contributed by atoms with E-state index in [1.54, 1.807) is 12.1 Å². The molecule has 0 aliphatic rings. The van der Waals surface area contributed by atoms with Crippen LogP contribution in [0.2, 0.25) is 0 Å². The SMILES string of the molecule is CSCCCCCNc1cccc(Br)c1C(=O)O. The molecule has 0 saturated heterocycles. The number of carbonyl (C=O) groups is 1. The highest BCUT2D eigenvalue weighted by Gasteiger charge is 2.13. The Bertz CT molecular complexity index is 399. The van der Waals surface area contributed by atoms with Crippen LogP contribution >= 0.6 is 27.7 Å². The van der Waals surface area contributed by atoms with Crippen LogP contribution in [0, 0.1) is 0 Å². The van der Waals surface area contributed by atoms with Crippen LogP contribution in [-0.4, -0.2) is 29.6 Å². The van der Waals surface area contributed by atoms with Gasteiger partial charge in [-0.05, 0) is 52.9 Å². The van der Waals surface area contributed by atoms with Crippen molar-refractivity contribution in [2.45, 2.75) is 19.3 Å². The van der Waals surface area contributed by atoms with Gasteiger partial charge in [0.05, 0.1) is 5.56 Å². The van der Waals surface area contributed by atoms with Gasteiger partial charge in [0.15, 0.2) is 0 Å². The van der Waals surface area contributed by atoms with Gasteiger partial charge in [0.25, 0.3) is 0 Å². The predicted octanol–water partition coefficient (Wildman–Crippen LogP) is 4.09. The van der Waals surface area contributed by atoms with E-state index in [4.69, 9.17) is 5.11 Å². The Morgan fingerprint density at radius 3 is 2.83 bits per heavy atom. The largest absolute Gasteiger partial charge is 0.478 e. The summed E-state index contributed by atoms with van der Waals surface area (Å²) in [6, 6.07) is 5.38. The van der Waals surface area contributed by atoms with Gasteiger partial charge < -0.3 is 10.4 Å². The van der Waals surface area contributed by atoms with E-state index in [-0.39, 0.29) is 0 Å². The van der Waals surface area contributed by atoms with Gasteiger partial charge in [-0.3, -0.25) is 0 Å². The zero-order valence-electron chi connectivity index (χ0n) is 10.4. The van der Waals surface area contributed by atoms with Crippen molar-refractivity contribution in [1.82, 2.24) is 0 Å². The van der Waals surface area contributed by atoms with Crippen LogP contribution in [0.15, 0.2) is 22.7 Å². The Morgan fingerprint density at radius 1 is 1.39 bits per heavy atom. The standard InChI is InChI=1S/C13H18BrNO2S/c1-18-9-4-2-3-8-15-11-7-5-6-10(14)12(11)13(16)17/h5-7,15H,2-4,8-9H2,1H3,(H,16,17). The first kappa shape index (κ1) is 15.4. The molecule has 0 saturated carbocycles. The monoisotopic (exact) mass is 331 g/mol. The molecular weight excluding hydrogens is 314 g/mol.